The molecule has 0 unspecified atom stereocenters. The van der Waals surface area contributed by atoms with Gasteiger partial charge in [-0.15, -0.1) is 0 Å². The number of H-pyrrole nitrogens is 2. The second kappa shape index (κ2) is 2.39. The molecule has 1 heterocycles. The zero-order valence-corrected chi connectivity index (χ0v) is 7.56. The van der Waals surface area contributed by atoms with Crippen molar-refractivity contribution in [2.24, 2.45) is 0 Å². The van der Waals surface area contributed by atoms with Crippen molar-refractivity contribution in [3.8, 4) is 0 Å². The van der Waals surface area contributed by atoms with E-state index in [2.05, 4.69) is 9.97 Å². The van der Waals surface area contributed by atoms with E-state index in [1.54, 1.807) is 0 Å². The third-order valence-corrected chi connectivity index (χ3v) is 2.38. The summed E-state index contributed by atoms with van der Waals surface area (Å²) in [4.78, 5) is 16.3. The summed E-state index contributed by atoms with van der Waals surface area (Å²) < 4.78 is 0. The molecule has 0 fully saturated rings. The van der Waals surface area contributed by atoms with Gasteiger partial charge in [-0.25, -0.2) is 4.79 Å². The van der Waals surface area contributed by atoms with Gasteiger partial charge >= 0.3 is 5.69 Å². The topological polar surface area (TPSA) is 74.7 Å². The number of hydrogen-bond acceptors (Lipinski definition) is 2. The summed E-state index contributed by atoms with van der Waals surface area (Å²) in [6.07, 6.45) is 0. The second-order valence-electron chi connectivity index (χ2n) is 3.23. The van der Waals surface area contributed by atoms with Gasteiger partial charge in [-0.05, 0) is 31.0 Å². The summed E-state index contributed by atoms with van der Waals surface area (Å²) in [5.74, 6) is 0. The highest BCUT2D eigenvalue weighted by molar-refractivity contribution is 5.89. The molecule has 0 spiro atoms. The van der Waals surface area contributed by atoms with Crippen molar-refractivity contribution in [2.45, 2.75) is 13.8 Å². The molecule has 2 aromatic rings. The molecule has 2 rings (SSSR count). The number of aromatic nitrogens is 2. The van der Waals surface area contributed by atoms with E-state index < -0.39 is 0 Å². The number of nitrogens with one attached hydrogen (secondary N) is 2. The van der Waals surface area contributed by atoms with E-state index in [-0.39, 0.29) is 5.69 Å². The van der Waals surface area contributed by atoms with E-state index in [1.807, 2.05) is 19.9 Å². The molecule has 13 heavy (non-hydrogen) atoms. The van der Waals surface area contributed by atoms with Crippen molar-refractivity contribution >= 4 is 16.7 Å². The van der Waals surface area contributed by atoms with Gasteiger partial charge in [0.15, 0.2) is 0 Å². The van der Waals surface area contributed by atoms with Gasteiger partial charge in [0.1, 0.15) is 0 Å². The highest BCUT2D eigenvalue weighted by Gasteiger charge is 2.06. The third-order valence-electron chi connectivity index (χ3n) is 2.38. The molecule has 4 heteroatoms. The van der Waals surface area contributed by atoms with Crippen LogP contribution in [0, 0.1) is 13.8 Å². The fourth-order valence-electron chi connectivity index (χ4n) is 1.44. The number of hydrogen-bond donors (Lipinski definition) is 3. The summed E-state index contributed by atoms with van der Waals surface area (Å²) in [7, 11) is 0. The number of rotatable bonds is 0. The minimum Gasteiger partial charge on any atom is -0.397 e. The Bertz CT molecular complexity index is 521. The van der Waals surface area contributed by atoms with Gasteiger partial charge in [-0.3, -0.25) is 0 Å². The predicted octanol–water partition coefficient (Wildman–Crippen LogP) is 1.06. The molecule has 0 saturated carbocycles. The Morgan fingerprint density at radius 1 is 1.31 bits per heavy atom. The van der Waals surface area contributed by atoms with Gasteiger partial charge in [0.2, 0.25) is 0 Å². The molecule has 0 aliphatic rings. The smallest absolute Gasteiger partial charge is 0.323 e. The lowest BCUT2D eigenvalue weighted by atomic mass is 10.1. The Morgan fingerprint density at radius 3 is 2.69 bits per heavy atom. The van der Waals surface area contributed by atoms with Crippen LogP contribution in [0.1, 0.15) is 11.1 Å². The van der Waals surface area contributed by atoms with Gasteiger partial charge in [0, 0.05) is 0 Å². The predicted molar refractivity (Wildman–Crippen MR) is 52.8 cm³/mol. The van der Waals surface area contributed by atoms with E-state index in [0.717, 1.165) is 16.6 Å². The molecule has 1 aromatic heterocycles. The Balaban J connectivity index is 3.00. The largest absolute Gasteiger partial charge is 0.397 e. The lowest BCUT2D eigenvalue weighted by molar-refractivity contribution is 1.21. The Morgan fingerprint density at radius 2 is 2.00 bits per heavy atom. The van der Waals surface area contributed by atoms with Gasteiger partial charge in [0.05, 0.1) is 16.7 Å². The maximum atomic E-state index is 11.0. The molecule has 4 N–H and O–H groups in total. The summed E-state index contributed by atoms with van der Waals surface area (Å²) in [6.45, 7) is 3.91. The van der Waals surface area contributed by atoms with Gasteiger partial charge < -0.3 is 15.7 Å². The first-order valence-corrected chi connectivity index (χ1v) is 4.07. The number of nitrogen functional groups attached to an aromatic ring is 1. The highest BCUT2D eigenvalue weighted by Crippen LogP contribution is 2.23. The minimum absolute atomic E-state index is 0.216. The van der Waals surface area contributed by atoms with E-state index in [4.69, 9.17) is 5.73 Å². The van der Waals surface area contributed by atoms with Crippen LogP contribution in [0.5, 0.6) is 0 Å². The second-order valence-corrected chi connectivity index (χ2v) is 3.23. The Labute approximate surface area is 74.8 Å². The zero-order valence-electron chi connectivity index (χ0n) is 7.56. The third kappa shape index (κ3) is 1.02. The standard InChI is InChI=1S/C9H11N3O/c1-4-3-6-8(7(10)5(4)2)12-9(13)11-6/h3H,10H2,1-2H3,(H2,11,12,13). The lowest BCUT2D eigenvalue weighted by Gasteiger charge is -2.04. The van der Waals surface area contributed by atoms with E-state index in [1.165, 1.54) is 0 Å². The number of aryl methyl sites for hydroxylation is 1. The van der Waals surface area contributed by atoms with Crippen LogP contribution in [0.4, 0.5) is 5.69 Å². The fraction of sp³-hybridized carbons (Fsp3) is 0.222. The molecule has 1 aromatic carbocycles. The fourth-order valence-corrected chi connectivity index (χ4v) is 1.44. The number of imidazole rings is 1. The molecular formula is C9H11N3O. The van der Waals surface area contributed by atoms with Gasteiger partial charge in [0.25, 0.3) is 0 Å². The van der Waals surface area contributed by atoms with Gasteiger partial charge in [-0.1, -0.05) is 0 Å². The average Bonchev–Trinajstić information content (AvgIpc) is 2.42. The number of anilines is 1. The van der Waals surface area contributed by atoms with Crippen LogP contribution in [-0.4, -0.2) is 9.97 Å². The molecule has 0 atom stereocenters. The maximum absolute atomic E-state index is 11.0. The van der Waals surface area contributed by atoms with Crippen molar-refractivity contribution in [1.29, 1.82) is 0 Å². The van der Waals surface area contributed by atoms with Crippen LogP contribution in [0.3, 0.4) is 0 Å². The normalized spacial score (nSPS) is 10.9. The summed E-state index contributed by atoms with van der Waals surface area (Å²) >= 11 is 0. The van der Waals surface area contributed by atoms with Crippen LogP contribution >= 0.6 is 0 Å². The molecule has 0 bridgehead atoms. The Kier molecular flexibility index (Phi) is 1.45. The van der Waals surface area contributed by atoms with Crippen molar-refractivity contribution in [3.63, 3.8) is 0 Å². The van der Waals surface area contributed by atoms with E-state index in [0.29, 0.717) is 11.2 Å². The molecule has 0 amide bonds. The molecule has 0 aliphatic carbocycles. The van der Waals surface area contributed by atoms with E-state index >= 15 is 0 Å². The molecular weight excluding hydrogens is 166 g/mol. The van der Waals surface area contributed by atoms with Crippen LogP contribution in [-0.2, 0) is 0 Å². The van der Waals surface area contributed by atoms with E-state index in [9.17, 15) is 4.79 Å². The van der Waals surface area contributed by atoms with Crippen LogP contribution in [0.2, 0.25) is 0 Å². The molecule has 4 nitrogen and oxygen atoms in total. The quantitative estimate of drug-likeness (QED) is 0.526. The lowest BCUT2D eigenvalue weighted by Crippen LogP contribution is -1.99. The molecule has 0 aliphatic heterocycles. The van der Waals surface area contributed by atoms with Crippen molar-refractivity contribution < 1.29 is 0 Å². The summed E-state index contributed by atoms with van der Waals surface area (Å²) in [6, 6.07) is 1.92. The maximum Gasteiger partial charge on any atom is 0.323 e. The molecule has 0 radical (unpaired) electrons. The summed E-state index contributed by atoms with van der Waals surface area (Å²) in [5, 5.41) is 0. The highest BCUT2D eigenvalue weighted by atomic mass is 16.1. The first-order chi connectivity index (χ1) is 6.09. The monoisotopic (exact) mass is 177 g/mol. The van der Waals surface area contributed by atoms with Gasteiger partial charge in [-0.2, -0.15) is 0 Å². The SMILES string of the molecule is Cc1cc2[nH]c(=O)[nH]c2c(N)c1C. The van der Waals surface area contributed by atoms with Crippen LogP contribution in [0.15, 0.2) is 10.9 Å². The molecule has 0 saturated heterocycles. The van der Waals surface area contributed by atoms with Crippen LogP contribution < -0.4 is 11.4 Å². The Hall–Kier alpha value is -1.71. The number of aromatic amines is 2. The summed E-state index contributed by atoms with van der Waals surface area (Å²) in [5.41, 5.74) is 9.84. The number of nitrogens with two attached hydrogens (primary N) is 1. The van der Waals surface area contributed by atoms with Crippen molar-refractivity contribution in [3.05, 3.63) is 27.7 Å². The van der Waals surface area contributed by atoms with Crippen molar-refractivity contribution in [1.82, 2.24) is 9.97 Å². The zero-order chi connectivity index (χ0) is 9.59. The number of fused-ring (bicyclic) bond motifs is 1. The minimum atomic E-state index is -0.216. The first kappa shape index (κ1) is 7.91. The van der Waals surface area contributed by atoms with Crippen LogP contribution in [0.25, 0.3) is 11.0 Å². The average molecular weight is 177 g/mol. The number of benzene rings is 1. The van der Waals surface area contributed by atoms with Crippen molar-refractivity contribution in [2.75, 3.05) is 5.73 Å². The first-order valence-electron chi connectivity index (χ1n) is 4.07. The molecule has 68 valence electrons.